The van der Waals surface area contributed by atoms with Gasteiger partial charge in [-0.25, -0.2) is 4.79 Å². The number of imide groups is 1. The van der Waals surface area contributed by atoms with Crippen LogP contribution in [0.5, 0.6) is 0 Å². The molecule has 32 heavy (non-hydrogen) atoms. The fourth-order valence-electron chi connectivity index (χ4n) is 4.85. The van der Waals surface area contributed by atoms with Crippen LogP contribution < -0.4 is 10.6 Å². The van der Waals surface area contributed by atoms with Gasteiger partial charge in [-0.15, -0.1) is 0 Å². The maximum absolute atomic E-state index is 12.6. The molecule has 1 unspecified atom stereocenters. The van der Waals surface area contributed by atoms with Gasteiger partial charge < -0.3 is 19.5 Å². The fraction of sp³-hybridized carbons (Fsp3) is 0.500. The Labute approximate surface area is 184 Å². The summed E-state index contributed by atoms with van der Waals surface area (Å²) in [5.41, 5.74) is 0.766. The molecule has 5 rings (SSSR count). The molecule has 10 nitrogen and oxygen atoms in total. The molecule has 0 radical (unpaired) electrons. The first-order valence-electron chi connectivity index (χ1n) is 10.9. The number of nitrogens with zero attached hydrogens (tertiary/aromatic N) is 3. The van der Waals surface area contributed by atoms with Gasteiger partial charge in [0.25, 0.3) is 5.91 Å². The summed E-state index contributed by atoms with van der Waals surface area (Å²) in [6.07, 6.45) is 6.29. The van der Waals surface area contributed by atoms with Crippen molar-refractivity contribution in [1.82, 2.24) is 25.4 Å². The summed E-state index contributed by atoms with van der Waals surface area (Å²) >= 11 is 0. The maximum atomic E-state index is 12.6. The molecule has 1 saturated carbocycles. The average Bonchev–Trinajstić information content (AvgIpc) is 3.26. The van der Waals surface area contributed by atoms with E-state index in [-0.39, 0.29) is 48.4 Å². The Morgan fingerprint density at radius 3 is 2.81 bits per heavy atom. The van der Waals surface area contributed by atoms with Crippen molar-refractivity contribution in [3.05, 3.63) is 30.3 Å². The van der Waals surface area contributed by atoms with Gasteiger partial charge in [0.2, 0.25) is 11.8 Å². The SMILES string of the molecule is O=C1CCN(CC(=O)N2CCC3(CC2)CC3CNC(=O)c2cc3ccncc3o2)C(=O)N1. The second kappa shape index (κ2) is 7.92. The summed E-state index contributed by atoms with van der Waals surface area (Å²) in [6, 6.07) is 3.02. The molecule has 2 N–H and O–H groups in total. The van der Waals surface area contributed by atoms with Crippen LogP contribution >= 0.6 is 0 Å². The number of pyridine rings is 1. The molecule has 3 fully saturated rings. The molecule has 5 amide bonds. The van der Waals surface area contributed by atoms with E-state index in [2.05, 4.69) is 15.6 Å². The van der Waals surface area contributed by atoms with Gasteiger partial charge in [0.1, 0.15) is 6.54 Å². The zero-order valence-electron chi connectivity index (χ0n) is 17.6. The second-order valence-corrected chi connectivity index (χ2v) is 8.90. The largest absolute Gasteiger partial charge is 0.449 e. The molecule has 0 aromatic carbocycles. The highest BCUT2D eigenvalue weighted by atomic mass is 16.3. The van der Waals surface area contributed by atoms with Gasteiger partial charge in [0.15, 0.2) is 11.3 Å². The molecule has 0 bridgehead atoms. The first-order valence-corrected chi connectivity index (χ1v) is 10.9. The van der Waals surface area contributed by atoms with Gasteiger partial charge in [0, 0.05) is 44.2 Å². The van der Waals surface area contributed by atoms with Crippen molar-refractivity contribution in [3.63, 3.8) is 0 Å². The fourth-order valence-corrected chi connectivity index (χ4v) is 4.85. The van der Waals surface area contributed by atoms with Crippen LogP contribution in [0.2, 0.25) is 0 Å². The predicted molar refractivity (Wildman–Crippen MR) is 112 cm³/mol. The number of nitrogens with one attached hydrogen (secondary N) is 2. The molecular weight excluding hydrogens is 414 g/mol. The lowest BCUT2D eigenvalue weighted by atomic mass is 9.90. The van der Waals surface area contributed by atoms with Gasteiger partial charge in [-0.1, -0.05) is 0 Å². The number of furan rings is 1. The highest BCUT2D eigenvalue weighted by molar-refractivity contribution is 5.98. The summed E-state index contributed by atoms with van der Waals surface area (Å²) in [5.74, 6) is 0.0615. The van der Waals surface area contributed by atoms with Gasteiger partial charge in [-0.05, 0) is 42.7 Å². The summed E-state index contributed by atoms with van der Waals surface area (Å²) in [7, 11) is 0. The number of hydrogen-bond donors (Lipinski definition) is 2. The predicted octanol–water partition coefficient (Wildman–Crippen LogP) is 1.13. The number of urea groups is 1. The molecule has 1 aliphatic carbocycles. The first-order chi connectivity index (χ1) is 15.4. The van der Waals surface area contributed by atoms with Crippen molar-refractivity contribution >= 4 is 34.7 Å². The van der Waals surface area contributed by atoms with Crippen LogP contribution in [-0.2, 0) is 9.59 Å². The van der Waals surface area contributed by atoms with E-state index in [1.165, 1.54) is 4.90 Å². The van der Waals surface area contributed by atoms with Crippen LogP contribution in [0, 0.1) is 11.3 Å². The lowest BCUT2D eigenvalue weighted by Crippen LogP contribution is -2.53. The van der Waals surface area contributed by atoms with Crippen molar-refractivity contribution in [2.24, 2.45) is 11.3 Å². The van der Waals surface area contributed by atoms with E-state index in [0.717, 1.165) is 24.6 Å². The lowest BCUT2D eigenvalue weighted by Gasteiger charge is -2.35. The van der Waals surface area contributed by atoms with E-state index in [4.69, 9.17) is 4.42 Å². The molecule has 168 valence electrons. The Morgan fingerprint density at radius 1 is 1.25 bits per heavy atom. The molecule has 1 atom stereocenters. The van der Waals surface area contributed by atoms with E-state index in [1.54, 1.807) is 29.4 Å². The minimum Gasteiger partial charge on any atom is -0.449 e. The third-order valence-electron chi connectivity index (χ3n) is 7.00. The number of hydrogen-bond acceptors (Lipinski definition) is 6. The molecule has 1 spiro atoms. The van der Waals surface area contributed by atoms with Crippen LogP contribution in [-0.4, -0.2) is 71.3 Å². The Morgan fingerprint density at radius 2 is 2.06 bits per heavy atom. The minimum atomic E-state index is -0.498. The smallest absolute Gasteiger partial charge is 0.324 e. The summed E-state index contributed by atoms with van der Waals surface area (Å²) in [6.45, 7) is 2.16. The molecule has 2 aromatic rings. The van der Waals surface area contributed by atoms with Crippen LogP contribution in [0.15, 0.2) is 28.9 Å². The van der Waals surface area contributed by atoms with Crippen molar-refractivity contribution in [3.8, 4) is 0 Å². The standard InChI is InChI=1S/C22H25N5O5/c28-18-2-6-27(21(31)25-18)13-19(29)26-7-3-22(4-8-26)10-15(22)11-24-20(30)16-9-14-1-5-23-12-17(14)32-16/h1,5,9,12,15H,2-4,6-8,10-11,13H2,(H,24,30)(H,25,28,31). The number of fused-ring (bicyclic) bond motifs is 1. The number of aromatic nitrogens is 1. The Hall–Kier alpha value is -3.43. The van der Waals surface area contributed by atoms with Gasteiger partial charge in [-0.3, -0.25) is 24.7 Å². The van der Waals surface area contributed by atoms with Gasteiger partial charge in [0.05, 0.1) is 6.20 Å². The minimum absolute atomic E-state index is 0.00137. The quantitative estimate of drug-likeness (QED) is 0.720. The van der Waals surface area contributed by atoms with Crippen LogP contribution in [0.1, 0.15) is 36.2 Å². The highest BCUT2D eigenvalue weighted by Crippen LogP contribution is 2.59. The molecule has 2 aliphatic heterocycles. The van der Waals surface area contributed by atoms with Crippen molar-refractivity contribution in [2.75, 3.05) is 32.7 Å². The zero-order chi connectivity index (χ0) is 22.3. The number of amides is 5. The molecule has 2 aromatic heterocycles. The third kappa shape index (κ3) is 3.92. The third-order valence-corrected chi connectivity index (χ3v) is 7.00. The van der Waals surface area contributed by atoms with Crippen LogP contribution in [0.25, 0.3) is 11.0 Å². The van der Waals surface area contributed by atoms with Crippen LogP contribution in [0.4, 0.5) is 4.79 Å². The monoisotopic (exact) mass is 439 g/mol. The number of carbonyl (C=O) groups excluding carboxylic acids is 4. The topological polar surface area (TPSA) is 125 Å². The van der Waals surface area contributed by atoms with E-state index in [0.29, 0.717) is 31.1 Å². The van der Waals surface area contributed by atoms with Crippen molar-refractivity contribution < 1.29 is 23.6 Å². The lowest BCUT2D eigenvalue weighted by molar-refractivity contribution is -0.134. The first kappa shape index (κ1) is 20.5. The average molecular weight is 439 g/mol. The zero-order valence-corrected chi connectivity index (χ0v) is 17.6. The normalized spacial score (nSPS) is 22.2. The number of piperidine rings is 1. The summed E-state index contributed by atoms with van der Waals surface area (Å²) in [4.78, 5) is 55.3. The van der Waals surface area contributed by atoms with E-state index in [9.17, 15) is 19.2 Å². The van der Waals surface area contributed by atoms with Gasteiger partial charge >= 0.3 is 6.03 Å². The van der Waals surface area contributed by atoms with E-state index in [1.807, 2.05) is 0 Å². The molecular formula is C22H25N5O5. The summed E-state index contributed by atoms with van der Waals surface area (Å²) < 4.78 is 5.57. The van der Waals surface area contributed by atoms with E-state index < -0.39 is 6.03 Å². The highest BCUT2D eigenvalue weighted by Gasteiger charge is 2.54. The number of carbonyl (C=O) groups is 4. The molecule has 10 heteroatoms. The second-order valence-electron chi connectivity index (χ2n) is 8.90. The molecule has 3 aliphatic rings. The van der Waals surface area contributed by atoms with Gasteiger partial charge in [-0.2, -0.15) is 0 Å². The Kier molecular flexibility index (Phi) is 5.07. The molecule has 4 heterocycles. The van der Waals surface area contributed by atoms with E-state index >= 15 is 0 Å². The summed E-state index contributed by atoms with van der Waals surface area (Å²) in [5, 5.41) is 6.07. The number of likely N-dealkylation sites (tertiary alicyclic amines) is 1. The van der Waals surface area contributed by atoms with Crippen LogP contribution in [0.3, 0.4) is 0 Å². The molecule has 2 saturated heterocycles. The Balaban J connectivity index is 1.08. The van der Waals surface area contributed by atoms with Crippen molar-refractivity contribution in [2.45, 2.75) is 25.7 Å². The van der Waals surface area contributed by atoms with Crippen molar-refractivity contribution in [1.29, 1.82) is 0 Å². The number of rotatable bonds is 5. The Bertz CT molecular complexity index is 1050. The maximum Gasteiger partial charge on any atom is 0.324 e.